The third-order valence-electron chi connectivity index (χ3n) is 2.56. The highest BCUT2D eigenvalue weighted by Gasteiger charge is 2.15. The van der Waals surface area contributed by atoms with Gasteiger partial charge in [-0.05, 0) is 39.1 Å². The maximum atomic E-state index is 11.6. The van der Waals surface area contributed by atoms with Crippen LogP contribution in [0.3, 0.4) is 0 Å². The maximum Gasteiger partial charge on any atom is 0.230 e. The largest absolute Gasteiger partial charge is 0.352 e. The van der Waals surface area contributed by atoms with E-state index in [2.05, 4.69) is 23.8 Å². The molecule has 0 aromatic carbocycles. The smallest absolute Gasteiger partial charge is 0.230 e. The summed E-state index contributed by atoms with van der Waals surface area (Å²) < 4.78 is 0. The Bertz CT molecular complexity index is 208. The van der Waals surface area contributed by atoms with Gasteiger partial charge in [0.2, 0.25) is 5.91 Å². The Morgan fingerprint density at radius 2 is 2.19 bits per heavy atom. The fourth-order valence-corrected chi connectivity index (χ4v) is 3.39. The first kappa shape index (κ1) is 14.2. The molecule has 1 aliphatic heterocycles. The lowest BCUT2D eigenvalue weighted by molar-refractivity contribution is -0.119. The third-order valence-corrected chi connectivity index (χ3v) is 4.77. The van der Waals surface area contributed by atoms with Crippen LogP contribution < -0.4 is 10.6 Å². The number of carbonyl (C=O) groups excluding carboxylic acids is 1. The van der Waals surface area contributed by atoms with Crippen molar-refractivity contribution in [3.63, 3.8) is 0 Å². The standard InChI is InChI=1S/C11H22N2OS2/c1-9(7-15-2)13-11(14)8-16-10-3-5-12-6-4-10/h9-10,12H,3-8H2,1-2H3,(H,13,14). The second-order valence-electron chi connectivity index (χ2n) is 4.18. The van der Waals surface area contributed by atoms with Crippen molar-refractivity contribution in [2.45, 2.75) is 31.1 Å². The molecule has 1 fully saturated rings. The van der Waals surface area contributed by atoms with E-state index in [-0.39, 0.29) is 11.9 Å². The Balaban J connectivity index is 2.09. The summed E-state index contributed by atoms with van der Waals surface area (Å²) in [6.07, 6.45) is 4.45. The van der Waals surface area contributed by atoms with Gasteiger partial charge >= 0.3 is 0 Å². The summed E-state index contributed by atoms with van der Waals surface area (Å²) in [5, 5.41) is 7.03. The predicted molar refractivity (Wildman–Crippen MR) is 74.3 cm³/mol. The lowest BCUT2D eigenvalue weighted by atomic mass is 10.2. The van der Waals surface area contributed by atoms with Gasteiger partial charge in [-0.2, -0.15) is 11.8 Å². The summed E-state index contributed by atoms with van der Waals surface area (Å²) in [5.74, 6) is 1.79. The highest BCUT2D eigenvalue weighted by molar-refractivity contribution is 8.00. The van der Waals surface area contributed by atoms with Crippen LogP contribution in [-0.4, -0.2) is 48.0 Å². The van der Waals surface area contributed by atoms with Crippen LogP contribution in [0.25, 0.3) is 0 Å². The molecule has 1 heterocycles. The fraction of sp³-hybridized carbons (Fsp3) is 0.909. The van der Waals surface area contributed by atoms with E-state index in [1.165, 1.54) is 12.8 Å². The molecule has 1 unspecified atom stereocenters. The molecule has 94 valence electrons. The molecule has 1 amide bonds. The van der Waals surface area contributed by atoms with Crippen LogP contribution in [-0.2, 0) is 4.79 Å². The SMILES string of the molecule is CSCC(C)NC(=O)CSC1CCNCC1. The molecule has 0 spiro atoms. The van der Waals surface area contributed by atoms with Crippen molar-refractivity contribution in [2.75, 3.05) is 30.9 Å². The minimum absolute atomic E-state index is 0.185. The molecule has 1 atom stereocenters. The third kappa shape index (κ3) is 6.01. The quantitative estimate of drug-likeness (QED) is 0.758. The molecule has 0 bridgehead atoms. The van der Waals surface area contributed by atoms with E-state index in [0.717, 1.165) is 18.8 Å². The zero-order valence-corrected chi connectivity index (χ0v) is 11.8. The van der Waals surface area contributed by atoms with Crippen molar-refractivity contribution in [3.05, 3.63) is 0 Å². The molecule has 16 heavy (non-hydrogen) atoms. The van der Waals surface area contributed by atoms with E-state index < -0.39 is 0 Å². The van der Waals surface area contributed by atoms with Crippen molar-refractivity contribution in [1.82, 2.24) is 10.6 Å². The normalized spacial score (nSPS) is 19.4. The first-order chi connectivity index (χ1) is 7.72. The summed E-state index contributed by atoms with van der Waals surface area (Å²) in [6, 6.07) is 0.288. The van der Waals surface area contributed by atoms with Gasteiger partial charge in [-0.1, -0.05) is 0 Å². The summed E-state index contributed by atoms with van der Waals surface area (Å²) >= 11 is 3.57. The van der Waals surface area contributed by atoms with Gasteiger partial charge in [-0.25, -0.2) is 0 Å². The number of hydrogen-bond acceptors (Lipinski definition) is 4. The van der Waals surface area contributed by atoms with E-state index in [9.17, 15) is 4.79 Å². The predicted octanol–water partition coefficient (Wildman–Crippen LogP) is 1.34. The van der Waals surface area contributed by atoms with Gasteiger partial charge in [0.1, 0.15) is 0 Å². The highest BCUT2D eigenvalue weighted by Crippen LogP contribution is 2.19. The van der Waals surface area contributed by atoms with Crippen LogP contribution in [0.2, 0.25) is 0 Å². The van der Waals surface area contributed by atoms with E-state index in [1.54, 1.807) is 23.5 Å². The monoisotopic (exact) mass is 262 g/mol. The van der Waals surface area contributed by atoms with Gasteiger partial charge in [0.25, 0.3) is 0 Å². The Morgan fingerprint density at radius 3 is 2.81 bits per heavy atom. The summed E-state index contributed by atoms with van der Waals surface area (Å²) in [6.45, 7) is 4.26. The summed E-state index contributed by atoms with van der Waals surface area (Å²) in [5.41, 5.74) is 0. The van der Waals surface area contributed by atoms with E-state index in [0.29, 0.717) is 11.0 Å². The first-order valence-corrected chi connectivity index (χ1v) is 8.27. The molecule has 2 N–H and O–H groups in total. The molecule has 1 rings (SSSR count). The van der Waals surface area contributed by atoms with E-state index in [1.807, 2.05) is 0 Å². The molecule has 0 saturated carbocycles. The van der Waals surface area contributed by atoms with Crippen molar-refractivity contribution < 1.29 is 4.79 Å². The van der Waals surface area contributed by atoms with Crippen molar-refractivity contribution >= 4 is 29.4 Å². The second-order valence-corrected chi connectivity index (χ2v) is 6.38. The molecule has 0 aliphatic carbocycles. The Kier molecular flexibility index (Phi) is 7.32. The molecule has 0 aromatic rings. The number of carbonyl (C=O) groups is 1. The second kappa shape index (κ2) is 8.25. The zero-order valence-electron chi connectivity index (χ0n) is 10.1. The van der Waals surface area contributed by atoms with Crippen molar-refractivity contribution in [3.8, 4) is 0 Å². The average Bonchev–Trinajstić information content (AvgIpc) is 2.28. The fourth-order valence-electron chi connectivity index (χ4n) is 1.76. The number of thioether (sulfide) groups is 2. The molecule has 1 aliphatic rings. The molecule has 5 heteroatoms. The van der Waals surface area contributed by atoms with Gasteiger partial charge in [0, 0.05) is 17.0 Å². The van der Waals surface area contributed by atoms with Crippen LogP contribution in [0, 0.1) is 0 Å². The van der Waals surface area contributed by atoms with Crippen LogP contribution >= 0.6 is 23.5 Å². The lowest BCUT2D eigenvalue weighted by Gasteiger charge is -2.22. The number of amides is 1. The molecule has 0 radical (unpaired) electrons. The van der Waals surface area contributed by atoms with Gasteiger partial charge in [-0.15, -0.1) is 11.8 Å². The van der Waals surface area contributed by atoms with Gasteiger partial charge in [0.05, 0.1) is 5.75 Å². The Labute approximate surface area is 107 Å². The summed E-state index contributed by atoms with van der Waals surface area (Å²) in [4.78, 5) is 11.6. The van der Waals surface area contributed by atoms with Gasteiger partial charge in [-0.3, -0.25) is 4.79 Å². The zero-order chi connectivity index (χ0) is 11.8. The first-order valence-electron chi connectivity index (χ1n) is 5.83. The number of hydrogen-bond donors (Lipinski definition) is 2. The van der Waals surface area contributed by atoms with Crippen LogP contribution in [0.4, 0.5) is 0 Å². The molecular formula is C11H22N2OS2. The maximum absolute atomic E-state index is 11.6. The summed E-state index contributed by atoms with van der Waals surface area (Å²) in [7, 11) is 0. The minimum atomic E-state index is 0.185. The van der Waals surface area contributed by atoms with E-state index >= 15 is 0 Å². The Hall–Kier alpha value is 0.130. The molecule has 1 saturated heterocycles. The Morgan fingerprint density at radius 1 is 1.50 bits per heavy atom. The van der Waals surface area contributed by atoms with Crippen molar-refractivity contribution in [1.29, 1.82) is 0 Å². The molecule has 3 nitrogen and oxygen atoms in total. The number of piperidine rings is 1. The van der Waals surface area contributed by atoms with Gasteiger partial charge < -0.3 is 10.6 Å². The topological polar surface area (TPSA) is 41.1 Å². The number of rotatable bonds is 6. The molecular weight excluding hydrogens is 240 g/mol. The van der Waals surface area contributed by atoms with Gasteiger partial charge in [0.15, 0.2) is 0 Å². The lowest BCUT2D eigenvalue weighted by Crippen LogP contribution is -2.36. The van der Waals surface area contributed by atoms with Crippen LogP contribution in [0.1, 0.15) is 19.8 Å². The van der Waals surface area contributed by atoms with Crippen LogP contribution in [0.15, 0.2) is 0 Å². The molecule has 0 aromatic heterocycles. The van der Waals surface area contributed by atoms with E-state index in [4.69, 9.17) is 0 Å². The average molecular weight is 262 g/mol. The minimum Gasteiger partial charge on any atom is -0.352 e. The van der Waals surface area contributed by atoms with Crippen molar-refractivity contribution in [2.24, 2.45) is 0 Å². The highest BCUT2D eigenvalue weighted by atomic mass is 32.2. The van der Waals surface area contributed by atoms with Crippen LogP contribution in [0.5, 0.6) is 0 Å². The number of nitrogens with one attached hydrogen (secondary N) is 2.